The van der Waals surface area contributed by atoms with Crippen LogP contribution in [-0.4, -0.2) is 46.5 Å². The molecule has 1 fully saturated rings. The summed E-state index contributed by atoms with van der Waals surface area (Å²) >= 11 is 0. The molecule has 4 rings (SSSR count). The molecule has 0 saturated carbocycles. The van der Waals surface area contributed by atoms with E-state index in [1.165, 1.54) is 16.8 Å². The summed E-state index contributed by atoms with van der Waals surface area (Å²) in [4.78, 5) is 8.38. The van der Waals surface area contributed by atoms with Gasteiger partial charge in [0.05, 0.1) is 6.33 Å². The van der Waals surface area contributed by atoms with Crippen LogP contribution in [0.2, 0.25) is 0 Å². The van der Waals surface area contributed by atoms with Crippen molar-refractivity contribution in [1.29, 1.82) is 0 Å². The van der Waals surface area contributed by atoms with Crippen LogP contribution in [0.1, 0.15) is 12.8 Å². The fraction of sp³-hybridized carbons (Fsp3) is 0.333. The summed E-state index contributed by atoms with van der Waals surface area (Å²) in [6.45, 7) is 0.837. The van der Waals surface area contributed by atoms with Crippen molar-refractivity contribution in [3.63, 3.8) is 0 Å². The van der Waals surface area contributed by atoms with E-state index in [1.807, 2.05) is 30.3 Å². The predicted molar refractivity (Wildman–Crippen MR) is 97.4 cm³/mol. The molecule has 3 aromatic rings. The van der Waals surface area contributed by atoms with Gasteiger partial charge >= 0.3 is 0 Å². The number of piperidine rings is 1. The Morgan fingerprint density at radius 3 is 2.62 bits per heavy atom. The van der Waals surface area contributed by atoms with Crippen molar-refractivity contribution in [1.82, 2.24) is 18.8 Å². The normalized spacial score (nSPS) is 16.8. The number of ether oxygens (including phenoxy) is 1. The molecule has 0 atom stereocenters. The van der Waals surface area contributed by atoms with Gasteiger partial charge in [0.15, 0.2) is 5.03 Å². The van der Waals surface area contributed by atoms with Crippen molar-refractivity contribution >= 4 is 20.9 Å². The van der Waals surface area contributed by atoms with E-state index in [1.54, 1.807) is 17.8 Å². The number of hydrogen-bond acceptors (Lipinski definition) is 5. The van der Waals surface area contributed by atoms with Crippen LogP contribution in [0.3, 0.4) is 0 Å². The maximum Gasteiger partial charge on any atom is 0.262 e. The third-order valence-corrected chi connectivity index (χ3v) is 6.36. The highest BCUT2D eigenvalue weighted by Crippen LogP contribution is 2.27. The zero-order chi connectivity index (χ0) is 18.1. The summed E-state index contributed by atoms with van der Waals surface area (Å²) < 4.78 is 34.5. The van der Waals surface area contributed by atoms with Gasteiger partial charge in [0, 0.05) is 37.9 Å². The molecule has 0 aliphatic carbocycles. The maximum absolute atomic E-state index is 12.6. The van der Waals surface area contributed by atoms with E-state index in [0.29, 0.717) is 25.9 Å². The first-order chi connectivity index (χ1) is 12.5. The molecule has 0 amide bonds. The number of benzene rings is 1. The van der Waals surface area contributed by atoms with Crippen molar-refractivity contribution in [2.45, 2.75) is 24.0 Å². The van der Waals surface area contributed by atoms with E-state index in [4.69, 9.17) is 4.74 Å². The highest BCUT2D eigenvalue weighted by atomic mass is 32.2. The third-order valence-electron chi connectivity index (χ3n) is 4.58. The van der Waals surface area contributed by atoms with Gasteiger partial charge in [-0.25, -0.2) is 13.4 Å². The number of rotatable bonds is 4. The van der Waals surface area contributed by atoms with Gasteiger partial charge in [-0.2, -0.15) is 4.31 Å². The lowest BCUT2D eigenvalue weighted by molar-refractivity contribution is 0.136. The Morgan fingerprint density at radius 2 is 1.88 bits per heavy atom. The standard InChI is InChI=1S/C18H20N4O3S/c1-21-12-17(20-13-21)26(23,24)22-10-7-15(8-11-22)25-16-6-2-4-14-5-3-9-19-18(14)16/h2-6,9,12-13,15H,7-8,10-11H2,1H3. The molecule has 8 heteroatoms. The zero-order valence-electron chi connectivity index (χ0n) is 14.4. The second kappa shape index (κ2) is 6.69. The Kier molecular flexibility index (Phi) is 4.37. The lowest BCUT2D eigenvalue weighted by Gasteiger charge is -2.31. The number of imidazole rings is 1. The van der Waals surface area contributed by atoms with Crippen LogP contribution < -0.4 is 4.74 Å². The van der Waals surface area contributed by atoms with Gasteiger partial charge in [-0.05, 0) is 25.0 Å². The number of hydrogen-bond donors (Lipinski definition) is 0. The van der Waals surface area contributed by atoms with E-state index >= 15 is 0 Å². The second-order valence-electron chi connectivity index (χ2n) is 6.43. The summed E-state index contributed by atoms with van der Waals surface area (Å²) in [6.07, 6.45) is 6.01. The Balaban J connectivity index is 1.45. The molecule has 0 unspecified atom stereocenters. The van der Waals surface area contributed by atoms with E-state index in [0.717, 1.165) is 16.7 Å². The van der Waals surface area contributed by atoms with Gasteiger partial charge in [0.2, 0.25) is 0 Å². The molecule has 26 heavy (non-hydrogen) atoms. The molecule has 0 N–H and O–H groups in total. The summed E-state index contributed by atoms with van der Waals surface area (Å²) in [7, 11) is -1.78. The van der Waals surface area contributed by atoms with Crippen molar-refractivity contribution in [2.75, 3.05) is 13.1 Å². The Morgan fingerprint density at radius 1 is 1.12 bits per heavy atom. The molecule has 1 aliphatic rings. The molecule has 1 aliphatic heterocycles. The molecular weight excluding hydrogens is 352 g/mol. The first-order valence-corrected chi connectivity index (χ1v) is 9.96. The van der Waals surface area contributed by atoms with Crippen LogP contribution in [0.25, 0.3) is 10.9 Å². The minimum Gasteiger partial charge on any atom is -0.488 e. The molecule has 0 spiro atoms. The third kappa shape index (κ3) is 3.17. The first-order valence-electron chi connectivity index (χ1n) is 8.52. The highest BCUT2D eigenvalue weighted by Gasteiger charge is 2.31. The average molecular weight is 372 g/mol. The van der Waals surface area contributed by atoms with Gasteiger partial charge in [0.1, 0.15) is 17.4 Å². The van der Waals surface area contributed by atoms with Crippen LogP contribution in [0.15, 0.2) is 54.1 Å². The molecule has 1 aromatic carbocycles. The molecule has 136 valence electrons. The lowest BCUT2D eigenvalue weighted by Crippen LogP contribution is -2.41. The number of sulfonamides is 1. The lowest BCUT2D eigenvalue weighted by atomic mass is 10.1. The van der Waals surface area contributed by atoms with Crippen molar-refractivity contribution in [3.8, 4) is 5.75 Å². The van der Waals surface area contributed by atoms with E-state index in [2.05, 4.69) is 9.97 Å². The average Bonchev–Trinajstić information content (AvgIpc) is 3.10. The van der Waals surface area contributed by atoms with Gasteiger partial charge in [0.25, 0.3) is 10.0 Å². The zero-order valence-corrected chi connectivity index (χ0v) is 15.3. The quantitative estimate of drug-likeness (QED) is 0.702. The van der Waals surface area contributed by atoms with Crippen LogP contribution in [0.4, 0.5) is 0 Å². The Hall–Kier alpha value is -2.45. The molecule has 2 aromatic heterocycles. The largest absolute Gasteiger partial charge is 0.488 e. The van der Waals surface area contributed by atoms with Gasteiger partial charge < -0.3 is 9.30 Å². The maximum atomic E-state index is 12.6. The topological polar surface area (TPSA) is 77.3 Å². The molecule has 0 bridgehead atoms. The summed E-state index contributed by atoms with van der Waals surface area (Å²) in [5.41, 5.74) is 0.832. The van der Waals surface area contributed by atoms with Crippen molar-refractivity contribution < 1.29 is 13.2 Å². The number of aryl methyl sites for hydroxylation is 1. The number of fused-ring (bicyclic) bond motifs is 1. The van der Waals surface area contributed by atoms with Gasteiger partial charge in [-0.1, -0.05) is 18.2 Å². The molecule has 3 heterocycles. The van der Waals surface area contributed by atoms with Crippen LogP contribution >= 0.6 is 0 Å². The van der Waals surface area contributed by atoms with E-state index < -0.39 is 10.0 Å². The Bertz CT molecular complexity index is 1020. The highest BCUT2D eigenvalue weighted by molar-refractivity contribution is 7.89. The number of pyridine rings is 1. The first kappa shape index (κ1) is 17.0. The van der Waals surface area contributed by atoms with Gasteiger partial charge in [-0.15, -0.1) is 0 Å². The molecular formula is C18H20N4O3S. The van der Waals surface area contributed by atoms with Crippen molar-refractivity contribution in [3.05, 3.63) is 49.1 Å². The predicted octanol–water partition coefficient (Wildman–Crippen LogP) is 2.20. The van der Waals surface area contributed by atoms with Crippen molar-refractivity contribution in [2.24, 2.45) is 7.05 Å². The Labute approximate surface area is 152 Å². The van der Waals surface area contributed by atoms with Crippen LogP contribution in [0.5, 0.6) is 5.75 Å². The van der Waals surface area contributed by atoms with E-state index in [-0.39, 0.29) is 11.1 Å². The monoisotopic (exact) mass is 372 g/mol. The van der Waals surface area contributed by atoms with E-state index in [9.17, 15) is 8.42 Å². The minimum absolute atomic E-state index is 0.0298. The molecule has 0 radical (unpaired) electrons. The fourth-order valence-corrected chi connectivity index (χ4v) is 4.63. The fourth-order valence-electron chi connectivity index (χ4n) is 3.20. The summed E-state index contributed by atoms with van der Waals surface area (Å²) in [5.74, 6) is 0.745. The van der Waals surface area contributed by atoms with Crippen LogP contribution in [0, 0.1) is 0 Å². The van der Waals surface area contributed by atoms with Gasteiger partial charge in [-0.3, -0.25) is 4.98 Å². The smallest absolute Gasteiger partial charge is 0.262 e. The number of aromatic nitrogens is 3. The summed E-state index contributed by atoms with van der Waals surface area (Å²) in [6, 6.07) is 9.74. The summed E-state index contributed by atoms with van der Waals surface area (Å²) in [5, 5.41) is 1.12. The molecule has 7 nitrogen and oxygen atoms in total. The van der Waals surface area contributed by atoms with Crippen LogP contribution in [-0.2, 0) is 17.1 Å². The minimum atomic E-state index is -3.54. The second-order valence-corrected chi connectivity index (χ2v) is 8.31. The SMILES string of the molecule is Cn1cnc(S(=O)(=O)N2CCC(Oc3cccc4cccnc34)CC2)c1. The number of para-hydroxylation sites is 1. The number of nitrogens with zero attached hydrogens (tertiary/aromatic N) is 4. The molecule has 1 saturated heterocycles.